The smallest absolute Gasteiger partial charge is 0.166 e. The summed E-state index contributed by atoms with van der Waals surface area (Å²) in [6.07, 6.45) is 7.78. The molecule has 5 aliphatic rings. The molecule has 5 saturated heterocycles. The van der Waals surface area contributed by atoms with Gasteiger partial charge in [-0.3, -0.25) is 4.90 Å². The van der Waals surface area contributed by atoms with E-state index in [0.29, 0.717) is 6.61 Å². The summed E-state index contributed by atoms with van der Waals surface area (Å²) in [6.45, 7) is 12.9. The number of thiocarbonyl (C=S) groups is 1. The molecule has 5 rings (SSSR count). The quantitative estimate of drug-likeness (QED) is 0.261. The average molecular weight is 441 g/mol. The van der Waals surface area contributed by atoms with Crippen LogP contribution in [-0.4, -0.2) is 106 Å². The highest BCUT2D eigenvalue weighted by Crippen LogP contribution is 2.28. The summed E-state index contributed by atoms with van der Waals surface area (Å²) in [7, 11) is 1.72. The lowest BCUT2D eigenvalue weighted by Crippen LogP contribution is -3.20. The number of rotatable bonds is 8. The first-order valence-corrected chi connectivity index (χ1v) is 12.8. The molecule has 0 aromatic heterocycles. The number of ether oxygens (including phenoxy) is 1. The van der Waals surface area contributed by atoms with E-state index in [4.69, 9.17) is 17.0 Å². The van der Waals surface area contributed by atoms with E-state index < -0.39 is 0 Å². The molecule has 0 amide bonds. The Labute approximate surface area is 188 Å². The van der Waals surface area contributed by atoms with E-state index in [-0.39, 0.29) is 0 Å². The molecule has 0 saturated carbocycles. The van der Waals surface area contributed by atoms with E-state index in [0.717, 1.165) is 42.2 Å². The SMILES string of the molecule is COCCNC(=S)NCC1CC2CC[NH+]1CC2CN1CCN(C2CCCC[NH2+]2)CC1. The summed E-state index contributed by atoms with van der Waals surface area (Å²) in [5.74, 6) is 1.80. The lowest BCUT2D eigenvalue weighted by Gasteiger charge is -2.49. The number of fused-ring (bicyclic) bond motifs is 3. The number of hydrogen-bond donors (Lipinski definition) is 4. The monoisotopic (exact) mass is 440 g/mol. The zero-order valence-corrected chi connectivity index (χ0v) is 19.7. The lowest BCUT2D eigenvalue weighted by molar-refractivity contribution is -0.945. The van der Waals surface area contributed by atoms with Crippen molar-refractivity contribution in [3.8, 4) is 0 Å². The molecule has 8 heteroatoms. The molecule has 5 heterocycles. The largest absolute Gasteiger partial charge is 0.383 e. The third-order valence-electron chi connectivity index (χ3n) is 8.05. The number of piperidine rings is 4. The molecule has 5 unspecified atom stereocenters. The second-order valence-corrected chi connectivity index (χ2v) is 10.3. The van der Waals surface area contributed by atoms with Gasteiger partial charge in [-0.25, -0.2) is 0 Å². The van der Waals surface area contributed by atoms with Crippen LogP contribution in [0.1, 0.15) is 32.1 Å². The Bertz CT molecular complexity index is 538. The van der Waals surface area contributed by atoms with E-state index in [1.54, 1.807) is 7.11 Å². The van der Waals surface area contributed by atoms with Crippen molar-refractivity contribution in [2.75, 3.05) is 79.2 Å². The summed E-state index contributed by atoms with van der Waals surface area (Å²) in [6, 6.07) is 0.723. The molecule has 5 fully saturated rings. The van der Waals surface area contributed by atoms with Crippen molar-refractivity contribution < 1.29 is 15.0 Å². The minimum atomic E-state index is 0.694. The standard InChI is InChI=1S/C22H42N6OS/c1-29-13-7-24-22(30)25-15-20-14-18-5-8-28(20)17-19(18)16-26-9-11-27(12-10-26)21-4-2-3-6-23-21/h18-21,23H,2-17H2,1H3,(H2,24,25,30)/p+2. The number of nitrogens with one attached hydrogen (secondary N) is 3. The molecule has 0 aromatic carbocycles. The normalized spacial score (nSPS) is 35.3. The molecule has 5 aliphatic heterocycles. The van der Waals surface area contributed by atoms with Crippen molar-refractivity contribution in [3.63, 3.8) is 0 Å². The Morgan fingerprint density at radius 2 is 2.03 bits per heavy atom. The Kier molecular flexibility index (Phi) is 8.60. The maximum absolute atomic E-state index is 5.41. The van der Waals surface area contributed by atoms with Crippen molar-refractivity contribution >= 4 is 17.3 Å². The Morgan fingerprint density at radius 1 is 1.17 bits per heavy atom. The molecule has 5 N–H and O–H groups in total. The molecule has 0 aliphatic carbocycles. The molecule has 2 bridgehead atoms. The van der Waals surface area contributed by atoms with Gasteiger partial charge >= 0.3 is 0 Å². The molecule has 30 heavy (non-hydrogen) atoms. The molecule has 7 nitrogen and oxygen atoms in total. The van der Waals surface area contributed by atoms with Gasteiger partial charge in [0.1, 0.15) is 12.2 Å². The summed E-state index contributed by atoms with van der Waals surface area (Å²) >= 11 is 5.41. The predicted molar refractivity (Wildman–Crippen MR) is 124 cm³/mol. The van der Waals surface area contributed by atoms with Crippen LogP contribution in [-0.2, 0) is 4.74 Å². The summed E-state index contributed by atoms with van der Waals surface area (Å²) in [5, 5.41) is 10.0. The summed E-state index contributed by atoms with van der Waals surface area (Å²) in [5.41, 5.74) is 0. The zero-order valence-electron chi connectivity index (χ0n) is 18.9. The van der Waals surface area contributed by atoms with E-state index in [2.05, 4.69) is 25.8 Å². The number of hydrogen-bond acceptors (Lipinski definition) is 4. The number of nitrogens with zero attached hydrogens (tertiary/aromatic N) is 2. The maximum atomic E-state index is 5.41. The van der Waals surface area contributed by atoms with Gasteiger partial charge in [-0.05, 0) is 31.0 Å². The van der Waals surface area contributed by atoms with Crippen molar-refractivity contribution in [2.24, 2.45) is 11.8 Å². The topological polar surface area (TPSA) is 60.8 Å². The van der Waals surface area contributed by atoms with Gasteiger partial charge in [0.25, 0.3) is 0 Å². The number of quaternary nitrogens is 2. The van der Waals surface area contributed by atoms with Crippen molar-refractivity contribution in [1.29, 1.82) is 0 Å². The third kappa shape index (κ3) is 6.04. The van der Waals surface area contributed by atoms with Crippen LogP contribution < -0.4 is 20.9 Å². The van der Waals surface area contributed by atoms with Gasteiger partial charge in [0.2, 0.25) is 0 Å². The van der Waals surface area contributed by atoms with Gasteiger partial charge < -0.3 is 30.5 Å². The fourth-order valence-electron chi connectivity index (χ4n) is 6.28. The van der Waals surface area contributed by atoms with Gasteiger partial charge in [-0.15, -0.1) is 0 Å². The van der Waals surface area contributed by atoms with Crippen LogP contribution in [0.4, 0.5) is 0 Å². The molecule has 172 valence electrons. The van der Waals surface area contributed by atoms with Gasteiger partial charge in [0.15, 0.2) is 5.11 Å². The maximum Gasteiger partial charge on any atom is 0.166 e. The van der Waals surface area contributed by atoms with Gasteiger partial charge in [-0.2, -0.15) is 0 Å². The first kappa shape index (κ1) is 22.7. The van der Waals surface area contributed by atoms with Crippen LogP contribution in [0.5, 0.6) is 0 Å². The predicted octanol–water partition coefficient (Wildman–Crippen LogP) is -1.92. The van der Waals surface area contributed by atoms with Crippen LogP contribution in [0.25, 0.3) is 0 Å². The second-order valence-electron chi connectivity index (χ2n) is 9.91. The van der Waals surface area contributed by atoms with E-state index >= 15 is 0 Å². The van der Waals surface area contributed by atoms with Crippen molar-refractivity contribution in [1.82, 2.24) is 20.4 Å². The highest BCUT2D eigenvalue weighted by Gasteiger charge is 2.44. The fourth-order valence-corrected chi connectivity index (χ4v) is 6.46. The average Bonchev–Trinajstić information content (AvgIpc) is 2.80. The van der Waals surface area contributed by atoms with Crippen LogP contribution in [0.15, 0.2) is 0 Å². The minimum Gasteiger partial charge on any atom is -0.383 e. The van der Waals surface area contributed by atoms with Crippen molar-refractivity contribution in [2.45, 2.75) is 44.3 Å². The Hall–Kier alpha value is -0.510. The summed E-state index contributed by atoms with van der Waals surface area (Å²) in [4.78, 5) is 7.33. The van der Waals surface area contributed by atoms with Gasteiger partial charge in [-0.1, -0.05) is 0 Å². The molecular weight excluding hydrogens is 396 g/mol. The first-order valence-electron chi connectivity index (χ1n) is 12.4. The summed E-state index contributed by atoms with van der Waals surface area (Å²) < 4.78 is 5.08. The molecule has 0 spiro atoms. The van der Waals surface area contributed by atoms with Crippen LogP contribution in [0.2, 0.25) is 0 Å². The Balaban J connectivity index is 1.16. The number of methoxy groups -OCH3 is 1. The van der Waals surface area contributed by atoms with Crippen LogP contribution in [0.3, 0.4) is 0 Å². The minimum absolute atomic E-state index is 0.694. The first-order chi connectivity index (χ1) is 14.7. The zero-order chi connectivity index (χ0) is 20.8. The fraction of sp³-hybridized carbons (Fsp3) is 0.955. The molecule has 5 atom stereocenters. The van der Waals surface area contributed by atoms with Gasteiger partial charge in [0, 0.05) is 71.6 Å². The van der Waals surface area contributed by atoms with Crippen molar-refractivity contribution in [3.05, 3.63) is 0 Å². The number of nitrogens with two attached hydrogens (primary N) is 1. The lowest BCUT2D eigenvalue weighted by atomic mass is 9.75. The van der Waals surface area contributed by atoms with Gasteiger partial charge in [0.05, 0.1) is 32.8 Å². The second kappa shape index (κ2) is 11.4. The number of piperazine rings is 1. The van der Waals surface area contributed by atoms with Crippen LogP contribution >= 0.6 is 12.2 Å². The third-order valence-corrected chi connectivity index (χ3v) is 8.34. The Morgan fingerprint density at radius 3 is 2.73 bits per heavy atom. The highest BCUT2D eigenvalue weighted by molar-refractivity contribution is 7.80. The molecule has 0 radical (unpaired) electrons. The van der Waals surface area contributed by atoms with E-state index in [1.165, 1.54) is 84.5 Å². The van der Waals surface area contributed by atoms with Crippen LogP contribution in [0, 0.1) is 11.8 Å². The highest BCUT2D eigenvalue weighted by atomic mass is 32.1. The molecular formula is C22H44N6OS+2. The molecule has 0 aromatic rings. The van der Waals surface area contributed by atoms with E-state index in [9.17, 15) is 0 Å². The van der Waals surface area contributed by atoms with E-state index in [1.807, 2.05) is 4.90 Å².